The van der Waals surface area contributed by atoms with E-state index in [0.717, 1.165) is 10.6 Å². The van der Waals surface area contributed by atoms with Gasteiger partial charge >= 0.3 is 0 Å². The number of aromatic nitrogens is 3. The van der Waals surface area contributed by atoms with Gasteiger partial charge in [-0.15, -0.1) is 11.3 Å². The second kappa shape index (κ2) is 8.95. The first-order chi connectivity index (χ1) is 15.7. The molecule has 0 saturated heterocycles. The maximum atomic E-state index is 13.7. The second-order valence-electron chi connectivity index (χ2n) is 7.72. The number of rotatable bonds is 7. The maximum absolute atomic E-state index is 13.7. The molecule has 0 radical (unpaired) electrons. The van der Waals surface area contributed by atoms with E-state index in [9.17, 15) is 13.2 Å². The Morgan fingerprint density at radius 3 is 2.61 bits per heavy atom. The Bertz CT molecular complexity index is 1400. The van der Waals surface area contributed by atoms with Gasteiger partial charge in [-0.3, -0.25) is 9.52 Å². The summed E-state index contributed by atoms with van der Waals surface area (Å²) in [4.78, 5) is 24.3. The number of carbonyl (C=O) groups is 1. The molecule has 1 N–H and O–H groups in total. The quantitative estimate of drug-likeness (QED) is 0.423. The maximum Gasteiger partial charge on any atom is 0.256 e. The molecule has 0 bridgehead atoms. The molecule has 2 aromatic heterocycles. The van der Waals surface area contributed by atoms with E-state index in [1.165, 1.54) is 11.3 Å². The van der Waals surface area contributed by atoms with Crippen LogP contribution >= 0.6 is 11.3 Å². The van der Waals surface area contributed by atoms with Gasteiger partial charge < -0.3 is 9.47 Å². The van der Waals surface area contributed by atoms with Crippen molar-refractivity contribution in [2.45, 2.75) is 19.9 Å². The minimum atomic E-state index is -3.53. The van der Waals surface area contributed by atoms with E-state index in [1.54, 1.807) is 37.2 Å². The monoisotopic (exact) mass is 483 g/mol. The molecule has 8 nitrogen and oxygen atoms in total. The Morgan fingerprint density at radius 1 is 1.24 bits per heavy atom. The average Bonchev–Trinajstić information content (AvgIpc) is 3.46. The summed E-state index contributed by atoms with van der Waals surface area (Å²) in [5.41, 5.74) is 2.74. The Labute approximate surface area is 197 Å². The number of imidazole rings is 1. The number of amides is 1. The topological polar surface area (TPSA) is 97.2 Å². The van der Waals surface area contributed by atoms with Crippen LogP contribution in [0.4, 0.5) is 5.69 Å². The van der Waals surface area contributed by atoms with Crippen LogP contribution in [0.2, 0.25) is 0 Å². The fourth-order valence-corrected chi connectivity index (χ4v) is 5.00. The number of fused-ring (bicyclic) bond motifs is 1. The lowest BCUT2D eigenvalue weighted by Crippen LogP contribution is -2.30. The molecule has 0 fully saturated rings. The fraction of sp³-hybridized carbons (Fsp3) is 0.261. The number of carbonyl (C=O) groups excluding carboxylic acids is 1. The molecule has 0 aliphatic heterocycles. The van der Waals surface area contributed by atoms with Crippen molar-refractivity contribution in [2.75, 3.05) is 17.5 Å². The summed E-state index contributed by atoms with van der Waals surface area (Å²) < 4.78 is 28.9. The van der Waals surface area contributed by atoms with Gasteiger partial charge in [0.25, 0.3) is 5.91 Å². The molecule has 4 rings (SSSR count). The van der Waals surface area contributed by atoms with Crippen molar-refractivity contribution in [3.8, 4) is 11.4 Å². The number of sulfonamides is 1. The molecule has 1 unspecified atom stereocenters. The smallest absolute Gasteiger partial charge is 0.256 e. The highest BCUT2D eigenvalue weighted by Gasteiger charge is 2.26. The molecule has 0 saturated carbocycles. The number of aryl methyl sites for hydroxylation is 1. The van der Waals surface area contributed by atoms with Crippen molar-refractivity contribution in [1.82, 2.24) is 19.4 Å². The van der Waals surface area contributed by atoms with Crippen LogP contribution in [0.1, 0.15) is 35.3 Å². The van der Waals surface area contributed by atoms with Crippen molar-refractivity contribution in [2.24, 2.45) is 7.05 Å². The van der Waals surface area contributed by atoms with Gasteiger partial charge in [-0.25, -0.2) is 18.4 Å². The van der Waals surface area contributed by atoms with Crippen molar-refractivity contribution in [3.63, 3.8) is 0 Å². The Balaban J connectivity index is 1.88. The van der Waals surface area contributed by atoms with E-state index < -0.39 is 10.0 Å². The van der Waals surface area contributed by atoms with E-state index in [1.807, 2.05) is 54.3 Å². The lowest BCUT2D eigenvalue weighted by molar-refractivity contribution is 0.0744. The van der Waals surface area contributed by atoms with Crippen LogP contribution < -0.4 is 4.72 Å². The molecule has 1 amide bonds. The summed E-state index contributed by atoms with van der Waals surface area (Å²) in [6.45, 7) is 3.47. The van der Waals surface area contributed by atoms with Crippen LogP contribution in [0.5, 0.6) is 0 Å². The van der Waals surface area contributed by atoms with Gasteiger partial charge in [-0.1, -0.05) is 30.3 Å². The van der Waals surface area contributed by atoms with Crippen molar-refractivity contribution in [3.05, 3.63) is 64.6 Å². The van der Waals surface area contributed by atoms with E-state index in [-0.39, 0.29) is 17.7 Å². The Hall–Kier alpha value is -3.24. The first-order valence-corrected chi connectivity index (χ1v) is 13.0. The molecular formula is C23H25N5O3S2. The third kappa shape index (κ3) is 4.49. The number of hydrogen-bond acceptors (Lipinski definition) is 6. The molecule has 0 aliphatic carbocycles. The number of nitrogens with zero attached hydrogens (tertiary/aromatic N) is 4. The van der Waals surface area contributed by atoms with Crippen LogP contribution in [0.15, 0.2) is 54.0 Å². The number of hydrogen-bond donors (Lipinski definition) is 1. The molecule has 2 heterocycles. The first-order valence-electron chi connectivity index (χ1n) is 10.4. The van der Waals surface area contributed by atoms with E-state index in [0.29, 0.717) is 28.1 Å². The Kier molecular flexibility index (Phi) is 6.22. The zero-order chi connectivity index (χ0) is 23.8. The molecule has 4 aromatic rings. The van der Waals surface area contributed by atoms with E-state index >= 15 is 0 Å². The van der Waals surface area contributed by atoms with Gasteiger partial charge in [-0.2, -0.15) is 0 Å². The molecule has 2 aromatic carbocycles. The lowest BCUT2D eigenvalue weighted by atomic mass is 10.1. The number of anilines is 1. The predicted molar refractivity (Wildman–Crippen MR) is 132 cm³/mol. The van der Waals surface area contributed by atoms with E-state index in [4.69, 9.17) is 4.98 Å². The molecule has 172 valence electrons. The fourth-order valence-electron chi connectivity index (χ4n) is 3.64. The third-order valence-electron chi connectivity index (χ3n) is 5.60. The lowest BCUT2D eigenvalue weighted by Gasteiger charge is -2.24. The molecular weight excluding hydrogens is 458 g/mol. The average molecular weight is 484 g/mol. The van der Waals surface area contributed by atoms with Crippen LogP contribution in [-0.4, -0.2) is 46.6 Å². The van der Waals surface area contributed by atoms with Gasteiger partial charge in [0.1, 0.15) is 10.8 Å². The van der Waals surface area contributed by atoms with Crippen molar-refractivity contribution < 1.29 is 13.2 Å². The first kappa shape index (κ1) is 22.9. The third-order valence-corrected chi connectivity index (χ3v) is 7.85. The summed E-state index contributed by atoms with van der Waals surface area (Å²) in [6, 6.07) is 12.7. The molecule has 33 heavy (non-hydrogen) atoms. The standard InChI is InChI=1S/C23H25N5O3S2/c1-5-33(30,31)26-17-13-18(23(29)27(3)15(2)22-24-11-12-32-22)20-19(14-17)25-21(28(20)4)16-9-7-6-8-10-16/h6-15,26H,5H2,1-4H3. The molecule has 10 heteroatoms. The minimum absolute atomic E-state index is 0.0766. The summed E-state index contributed by atoms with van der Waals surface area (Å²) in [5, 5.41) is 2.69. The molecule has 0 spiro atoms. The Morgan fingerprint density at radius 2 is 1.97 bits per heavy atom. The summed E-state index contributed by atoms with van der Waals surface area (Å²) in [7, 11) is 0.0466. The summed E-state index contributed by atoms with van der Waals surface area (Å²) in [6.07, 6.45) is 1.71. The van der Waals surface area contributed by atoms with Crippen LogP contribution in [0, 0.1) is 0 Å². The van der Waals surface area contributed by atoms with Crippen LogP contribution in [0.3, 0.4) is 0 Å². The van der Waals surface area contributed by atoms with E-state index in [2.05, 4.69) is 9.71 Å². The van der Waals surface area contributed by atoms with Gasteiger partial charge in [0.2, 0.25) is 10.0 Å². The second-order valence-corrected chi connectivity index (χ2v) is 10.7. The molecule has 1 atom stereocenters. The minimum Gasteiger partial charge on any atom is -0.332 e. The van der Waals surface area contributed by atoms with Crippen LogP contribution in [-0.2, 0) is 17.1 Å². The van der Waals surface area contributed by atoms with Gasteiger partial charge in [0.05, 0.1) is 34.1 Å². The highest BCUT2D eigenvalue weighted by Crippen LogP contribution is 2.31. The van der Waals surface area contributed by atoms with Crippen molar-refractivity contribution >= 4 is 44.0 Å². The number of nitrogens with one attached hydrogen (secondary N) is 1. The predicted octanol–water partition coefficient (Wildman–Crippen LogP) is 4.29. The highest BCUT2D eigenvalue weighted by atomic mass is 32.2. The summed E-state index contributed by atoms with van der Waals surface area (Å²) in [5.74, 6) is 0.362. The zero-order valence-electron chi connectivity index (χ0n) is 18.8. The number of thiazole rings is 1. The normalized spacial score (nSPS) is 12.6. The number of benzene rings is 2. The highest BCUT2D eigenvalue weighted by molar-refractivity contribution is 7.92. The van der Waals surface area contributed by atoms with Crippen molar-refractivity contribution in [1.29, 1.82) is 0 Å². The largest absolute Gasteiger partial charge is 0.332 e. The zero-order valence-corrected chi connectivity index (χ0v) is 20.4. The summed E-state index contributed by atoms with van der Waals surface area (Å²) >= 11 is 1.48. The van der Waals surface area contributed by atoms with Gasteiger partial charge in [-0.05, 0) is 26.0 Å². The van der Waals surface area contributed by atoms with Crippen LogP contribution in [0.25, 0.3) is 22.4 Å². The van der Waals surface area contributed by atoms with Gasteiger partial charge in [0, 0.05) is 31.2 Å². The van der Waals surface area contributed by atoms with Gasteiger partial charge in [0.15, 0.2) is 0 Å². The molecule has 0 aliphatic rings. The SMILES string of the molecule is CCS(=O)(=O)Nc1cc(C(=O)N(C)C(C)c2nccs2)c2c(c1)nc(-c1ccccc1)n2C.